The number of halogens is 2. The van der Waals surface area contributed by atoms with Gasteiger partial charge in [0.2, 0.25) is 5.43 Å². The molecule has 2 aromatic heterocycles. The minimum atomic E-state index is -0.765. The standard InChI is InChI=1S/C27H33F2N5O4S/c1-4-12-38-18-8-10-27(30-3,11-9-18)34(5-2)26(37)22-24(36)23(35)19(15-31-22)25-33-32-21(39-25)13-16-6-7-17(28)14-20(16)29/h6-7,14-15,18,30,36H,4-5,8-13H2,1-3H3,(H,31,35). The summed E-state index contributed by atoms with van der Waals surface area (Å²) in [4.78, 5) is 31.2. The number of aromatic hydroxyl groups is 1. The highest BCUT2D eigenvalue weighted by molar-refractivity contribution is 7.14. The number of rotatable bonds is 10. The Kier molecular flexibility index (Phi) is 9.08. The van der Waals surface area contributed by atoms with E-state index in [1.807, 2.05) is 6.92 Å². The highest BCUT2D eigenvalue weighted by Gasteiger charge is 2.42. The van der Waals surface area contributed by atoms with Gasteiger partial charge in [0.15, 0.2) is 16.5 Å². The van der Waals surface area contributed by atoms with Gasteiger partial charge in [-0.3, -0.25) is 14.9 Å². The van der Waals surface area contributed by atoms with Crippen molar-refractivity contribution < 1.29 is 23.4 Å². The molecule has 3 aromatic rings. The predicted octanol–water partition coefficient (Wildman–Crippen LogP) is 4.22. The second kappa shape index (κ2) is 12.3. The fraction of sp³-hybridized carbons (Fsp3) is 0.481. The molecule has 0 spiro atoms. The van der Waals surface area contributed by atoms with Gasteiger partial charge in [0.25, 0.3) is 5.91 Å². The van der Waals surface area contributed by atoms with Gasteiger partial charge in [-0.25, -0.2) is 8.78 Å². The predicted molar refractivity (Wildman–Crippen MR) is 144 cm³/mol. The van der Waals surface area contributed by atoms with E-state index >= 15 is 0 Å². The maximum atomic E-state index is 14.0. The first-order valence-corrected chi connectivity index (χ1v) is 13.9. The smallest absolute Gasteiger partial charge is 0.275 e. The van der Waals surface area contributed by atoms with Crippen molar-refractivity contribution in [3.05, 3.63) is 62.5 Å². The van der Waals surface area contributed by atoms with Crippen molar-refractivity contribution in [2.45, 2.75) is 64.1 Å². The molecule has 1 saturated carbocycles. The van der Waals surface area contributed by atoms with Crippen molar-refractivity contribution in [1.29, 1.82) is 0 Å². The number of nitrogens with zero attached hydrogens (tertiary/aromatic N) is 3. The van der Waals surface area contributed by atoms with Crippen molar-refractivity contribution in [2.24, 2.45) is 0 Å². The monoisotopic (exact) mass is 561 g/mol. The Morgan fingerprint density at radius 3 is 2.67 bits per heavy atom. The lowest BCUT2D eigenvalue weighted by Gasteiger charge is -2.47. The average Bonchev–Trinajstić information content (AvgIpc) is 3.39. The molecule has 0 atom stereocenters. The van der Waals surface area contributed by atoms with E-state index in [1.165, 1.54) is 12.3 Å². The molecule has 3 N–H and O–H groups in total. The molecule has 9 nitrogen and oxygen atoms in total. The molecule has 0 aliphatic heterocycles. The lowest BCUT2D eigenvalue weighted by Crippen LogP contribution is -2.61. The fourth-order valence-corrected chi connectivity index (χ4v) is 5.93. The minimum Gasteiger partial charge on any atom is -0.503 e. The Morgan fingerprint density at radius 1 is 1.28 bits per heavy atom. The topological polar surface area (TPSA) is 120 Å². The van der Waals surface area contributed by atoms with E-state index in [0.717, 1.165) is 42.7 Å². The van der Waals surface area contributed by atoms with Crippen LogP contribution in [0.15, 0.2) is 29.2 Å². The van der Waals surface area contributed by atoms with E-state index in [9.17, 15) is 23.5 Å². The summed E-state index contributed by atoms with van der Waals surface area (Å²) in [6, 6.07) is 3.27. The van der Waals surface area contributed by atoms with E-state index in [-0.39, 0.29) is 34.4 Å². The second-order valence-corrected chi connectivity index (χ2v) is 10.6. The molecule has 2 heterocycles. The van der Waals surface area contributed by atoms with Gasteiger partial charge in [0, 0.05) is 31.8 Å². The number of pyridine rings is 1. The van der Waals surface area contributed by atoms with Crippen LogP contribution in [-0.4, -0.2) is 63.1 Å². The molecule has 1 aliphatic carbocycles. The maximum absolute atomic E-state index is 14.0. The number of nitrogens with one attached hydrogen (secondary N) is 2. The number of aromatic amines is 1. The molecule has 1 aliphatic rings. The third-order valence-corrected chi connectivity index (χ3v) is 8.14. The highest BCUT2D eigenvalue weighted by Crippen LogP contribution is 2.34. The molecular formula is C27H33F2N5O4S. The lowest BCUT2D eigenvalue weighted by atomic mass is 9.85. The first-order chi connectivity index (χ1) is 18.7. The molecule has 210 valence electrons. The average molecular weight is 562 g/mol. The molecular weight excluding hydrogens is 528 g/mol. The number of carbonyl (C=O) groups excluding carboxylic acids is 1. The van der Waals surface area contributed by atoms with Gasteiger partial charge in [-0.1, -0.05) is 24.3 Å². The maximum Gasteiger partial charge on any atom is 0.275 e. The van der Waals surface area contributed by atoms with Gasteiger partial charge in [-0.2, -0.15) is 0 Å². The molecule has 12 heteroatoms. The van der Waals surface area contributed by atoms with Crippen molar-refractivity contribution in [2.75, 3.05) is 20.2 Å². The Bertz CT molecular complexity index is 1370. The Labute approximate surface area is 229 Å². The summed E-state index contributed by atoms with van der Waals surface area (Å²) in [5.41, 5.74) is -1.33. The van der Waals surface area contributed by atoms with Gasteiger partial charge in [-0.05, 0) is 57.7 Å². The van der Waals surface area contributed by atoms with Gasteiger partial charge < -0.3 is 19.7 Å². The van der Waals surface area contributed by atoms with Gasteiger partial charge in [0.05, 0.1) is 17.3 Å². The number of hydrogen-bond acceptors (Lipinski definition) is 8. The van der Waals surface area contributed by atoms with Crippen LogP contribution in [0.3, 0.4) is 0 Å². The number of ether oxygens (including phenoxy) is 1. The van der Waals surface area contributed by atoms with Crippen molar-refractivity contribution in [3.8, 4) is 16.3 Å². The Hall–Kier alpha value is -3.22. The molecule has 0 saturated heterocycles. The van der Waals surface area contributed by atoms with E-state index < -0.39 is 34.4 Å². The van der Waals surface area contributed by atoms with Gasteiger partial charge in [-0.15, -0.1) is 10.2 Å². The lowest BCUT2D eigenvalue weighted by molar-refractivity contribution is -0.0311. The van der Waals surface area contributed by atoms with Gasteiger partial charge in [0.1, 0.15) is 16.6 Å². The van der Waals surface area contributed by atoms with Crippen LogP contribution in [0.25, 0.3) is 10.6 Å². The van der Waals surface area contributed by atoms with Crippen LogP contribution in [0.2, 0.25) is 0 Å². The van der Waals surface area contributed by atoms with Gasteiger partial charge >= 0.3 is 0 Å². The molecule has 1 aromatic carbocycles. The molecule has 1 fully saturated rings. The first-order valence-electron chi connectivity index (χ1n) is 13.1. The molecule has 4 rings (SSSR count). The third-order valence-electron chi connectivity index (χ3n) is 7.19. The summed E-state index contributed by atoms with van der Waals surface area (Å²) >= 11 is 1.04. The van der Waals surface area contributed by atoms with Crippen molar-refractivity contribution in [3.63, 3.8) is 0 Å². The van der Waals surface area contributed by atoms with Crippen LogP contribution in [-0.2, 0) is 11.2 Å². The zero-order valence-electron chi connectivity index (χ0n) is 22.2. The van der Waals surface area contributed by atoms with Crippen LogP contribution in [0.5, 0.6) is 5.75 Å². The van der Waals surface area contributed by atoms with E-state index in [2.05, 4.69) is 27.4 Å². The zero-order chi connectivity index (χ0) is 28.2. The van der Waals surface area contributed by atoms with Crippen LogP contribution < -0.4 is 10.7 Å². The summed E-state index contributed by atoms with van der Waals surface area (Å²) in [7, 11) is 1.81. The highest BCUT2D eigenvalue weighted by atomic mass is 32.1. The summed E-state index contributed by atoms with van der Waals surface area (Å²) in [6.07, 6.45) is 5.39. The molecule has 1 amide bonds. The second-order valence-electron chi connectivity index (χ2n) is 9.57. The Balaban J connectivity index is 1.54. The summed E-state index contributed by atoms with van der Waals surface area (Å²) in [5, 5.41) is 22.7. The normalized spacial score (nSPS) is 19.3. The zero-order valence-corrected chi connectivity index (χ0v) is 23.0. The van der Waals surface area contributed by atoms with Crippen LogP contribution in [0.4, 0.5) is 8.78 Å². The first kappa shape index (κ1) is 28.8. The molecule has 39 heavy (non-hydrogen) atoms. The number of benzene rings is 1. The van der Waals surface area contributed by atoms with Crippen LogP contribution >= 0.6 is 11.3 Å². The van der Waals surface area contributed by atoms with Crippen molar-refractivity contribution >= 4 is 17.2 Å². The quantitative estimate of drug-likeness (QED) is 0.317. The largest absolute Gasteiger partial charge is 0.503 e. The Morgan fingerprint density at radius 2 is 2.03 bits per heavy atom. The molecule has 0 bridgehead atoms. The number of aromatic nitrogens is 3. The SMILES string of the molecule is CCCOC1CCC(NC)(N(CC)C(=O)c2[nH]cc(-c3nnc(Cc4ccc(F)cc4F)s3)c(=O)c2O)CC1. The number of carbonyl (C=O) groups is 1. The molecule has 0 radical (unpaired) electrons. The number of hydrogen-bond donors (Lipinski definition) is 3. The van der Waals surface area contributed by atoms with E-state index in [0.29, 0.717) is 31.0 Å². The van der Waals surface area contributed by atoms with Crippen LogP contribution in [0.1, 0.15) is 67.0 Å². The summed E-state index contributed by atoms with van der Waals surface area (Å²) in [6.45, 7) is 4.99. The van der Waals surface area contributed by atoms with E-state index in [1.54, 1.807) is 11.9 Å². The minimum absolute atomic E-state index is 0.0346. The van der Waals surface area contributed by atoms with Crippen LogP contribution in [0, 0.1) is 11.6 Å². The third kappa shape index (κ3) is 6.02. The number of H-pyrrole nitrogens is 1. The number of amides is 1. The van der Waals surface area contributed by atoms with E-state index in [4.69, 9.17) is 4.74 Å². The molecule has 0 unspecified atom stereocenters. The summed E-state index contributed by atoms with van der Waals surface area (Å²) in [5.74, 6) is -2.58. The fourth-order valence-electron chi connectivity index (χ4n) is 5.05. The summed E-state index contributed by atoms with van der Waals surface area (Å²) < 4.78 is 33.1. The van der Waals surface area contributed by atoms with Crippen molar-refractivity contribution in [1.82, 2.24) is 25.4 Å².